The maximum atomic E-state index is 6.52. The second-order valence-electron chi connectivity index (χ2n) is 10.2. The molecule has 3 heterocycles. The number of aromatic nitrogens is 2. The van der Waals surface area contributed by atoms with Gasteiger partial charge in [0.1, 0.15) is 5.58 Å². The lowest BCUT2D eigenvalue weighted by Crippen LogP contribution is -2.16. The van der Waals surface area contributed by atoms with Gasteiger partial charge in [-0.25, -0.2) is 4.98 Å². The summed E-state index contributed by atoms with van der Waals surface area (Å²) >= 11 is 0. The quantitative estimate of drug-likeness (QED) is 0.283. The first-order valence-electron chi connectivity index (χ1n) is 11.7. The molecule has 0 unspecified atom stereocenters. The molecule has 0 N–H and O–H groups in total. The summed E-state index contributed by atoms with van der Waals surface area (Å²) in [6.07, 6.45) is 1.98. The van der Waals surface area contributed by atoms with Crippen LogP contribution in [0.1, 0.15) is 61.6 Å². The number of fused-ring (bicyclic) bond motifs is 6. The van der Waals surface area contributed by atoms with Crippen LogP contribution >= 0.6 is 0 Å². The summed E-state index contributed by atoms with van der Waals surface area (Å²) in [6.45, 7) is 13.2. The highest BCUT2D eigenvalue weighted by molar-refractivity contribution is 6.10. The number of benzene rings is 2. The van der Waals surface area contributed by atoms with E-state index in [2.05, 4.69) is 90.1 Å². The second kappa shape index (κ2) is 6.77. The average molecular weight is 433 g/mol. The fraction of sp³-hybridized carbons (Fsp3) is 0.267. The lowest BCUT2D eigenvalue weighted by molar-refractivity contribution is 0.615. The summed E-state index contributed by atoms with van der Waals surface area (Å²) < 4.78 is 6.52. The van der Waals surface area contributed by atoms with E-state index < -0.39 is 0 Å². The number of rotatable bonds is 2. The molecule has 3 heteroatoms. The third-order valence-corrected chi connectivity index (χ3v) is 7.35. The number of hydrogen-bond donors (Lipinski definition) is 0. The third kappa shape index (κ3) is 2.75. The average Bonchev–Trinajstić information content (AvgIpc) is 3.25. The Balaban J connectivity index is 1.65. The van der Waals surface area contributed by atoms with Crippen molar-refractivity contribution in [2.45, 2.75) is 52.9 Å². The van der Waals surface area contributed by atoms with Gasteiger partial charge in [-0.15, -0.1) is 0 Å². The molecule has 0 radical (unpaired) electrons. The van der Waals surface area contributed by atoms with Gasteiger partial charge in [0.2, 0.25) is 5.71 Å². The molecule has 164 valence electrons. The van der Waals surface area contributed by atoms with Crippen LogP contribution in [-0.4, -0.2) is 9.97 Å². The summed E-state index contributed by atoms with van der Waals surface area (Å²) in [6, 6.07) is 17.5. The highest BCUT2D eigenvalue weighted by Gasteiger charge is 2.37. The van der Waals surface area contributed by atoms with Gasteiger partial charge in [0.25, 0.3) is 0 Å². The lowest BCUT2D eigenvalue weighted by atomic mass is 9.85. The summed E-state index contributed by atoms with van der Waals surface area (Å²) in [4.78, 5) is 9.91. The van der Waals surface area contributed by atoms with Gasteiger partial charge in [-0.1, -0.05) is 64.1 Å². The van der Waals surface area contributed by atoms with Gasteiger partial charge in [-0.2, -0.15) is 0 Å². The molecule has 0 amide bonds. The maximum absolute atomic E-state index is 6.52. The molecule has 0 saturated heterocycles. The van der Waals surface area contributed by atoms with Crippen molar-refractivity contribution in [2.75, 3.05) is 0 Å². The molecule has 0 fully saturated rings. The van der Waals surface area contributed by atoms with Crippen molar-refractivity contribution in [1.82, 2.24) is 9.97 Å². The van der Waals surface area contributed by atoms with Crippen molar-refractivity contribution in [3.8, 4) is 22.4 Å². The normalized spacial score (nSPS) is 14.3. The highest BCUT2D eigenvalue weighted by atomic mass is 16.3. The molecule has 33 heavy (non-hydrogen) atoms. The Morgan fingerprint density at radius 3 is 2.45 bits per heavy atom. The maximum Gasteiger partial charge on any atom is 0.227 e. The topological polar surface area (TPSA) is 38.9 Å². The Kier molecular flexibility index (Phi) is 4.14. The molecule has 6 rings (SSSR count). The summed E-state index contributed by atoms with van der Waals surface area (Å²) in [7, 11) is 0. The first kappa shape index (κ1) is 20.2. The summed E-state index contributed by atoms with van der Waals surface area (Å²) in [5, 5.41) is 2.16. The number of nitrogens with zero attached hydrogens (tertiary/aromatic N) is 2. The van der Waals surface area contributed by atoms with Crippen molar-refractivity contribution in [3.63, 3.8) is 0 Å². The number of furan rings is 1. The minimum Gasteiger partial charge on any atom is -0.437 e. The van der Waals surface area contributed by atoms with Crippen LogP contribution in [0.15, 0.2) is 59.1 Å². The number of pyridine rings is 2. The molecule has 1 aliphatic rings. The Bertz CT molecular complexity index is 1590. The van der Waals surface area contributed by atoms with E-state index in [1.807, 2.05) is 6.20 Å². The largest absolute Gasteiger partial charge is 0.437 e. The zero-order chi connectivity index (χ0) is 23.1. The molecule has 0 aliphatic heterocycles. The number of hydrogen-bond acceptors (Lipinski definition) is 3. The predicted octanol–water partition coefficient (Wildman–Crippen LogP) is 8.09. The van der Waals surface area contributed by atoms with Crippen LogP contribution in [0, 0.1) is 13.8 Å². The van der Waals surface area contributed by atoms with Gasteiger partial charge < -0.3 is 4.42 Å². The Hall–Kier alpha value is -3.46. The highest BCUT2D eigenvalue weighted by Crippen LogP contribution is 2.49. The van der Waals surface area contributed by atoms with Crippen molar-refractivity contribution in [2.24, 2.45) is 0 Å². The van der Waals surface area contributed by atoms with Crippen LogP contribution in [0.5, 0.6) is 0 Å². The summed E-state index contributed by atoms with van der Waals surface area (Å²) in [5.41, 5.74) is 12.1. The van der Waals surface area contributed by atoms with Gasteiger partial charge in [0.05, 0.1) is 11.4 Å². The summed E-state index contributed by atoms with van der Waals surface area (Å²) in [5.74, 6) is 0.439. The molecule has 1 aliphatic carbocycles. The molecule has 2 aromatic carbocycles. The van der Waals surface area contributed by atoms with Gasteiger partial charge in [0.15, 0.2) is 0 Å². The smallest absolute Gasteiger partial charge is 0.227 e. The Morgan fingerprint density at radius 1 is 0.879 bits per heavy atom. The molecular weight excluding hydrogens is 404 g/mol. The fourth-order valence-electron chi connectivity index (χ4n) is 5.55. The minimum atomic E-state index is -0.150. The van der Waals surface area contributed by atoms with Crippen LogP contribution in [-0.2, 0) is 5.41 Å². The van der Waals surface area contributed by atoms with E-state index in [0.29, 0.717) is 11.6 Å². The van der Waals surface area contributed by atoms with Gasteiger partial charge in [0, 0.05) is 33.5 Å². The van der Waals surface area contributed by atoms with Crippen LogP contribution < -0.4 is 0 Å². The van der Waals surface area contributed by atoms with Crippen LogP contribution in [0.4, 0.5) is 0 Å². The molecular formula is C30H28N2O. The van der Waals surface area contributed by atoms with E-state index >= 15 is 0 Å². The fourth-order valence-corrected chi connectivity index (χ4v) is 5.55. The molecule has 0 spiro atoms. The molecule has 5 aromatic rings. The standard InChI is InChI=1S/C30H28N2O/c1-16(2)21-14-25(31-15-18(21)4)26-17(3)11-12-20-23-13-22-19-9-7-8-10-24(19)30(5,6)28(22)32-29(23)33-27(20)26/h7-16H,1-6H3. The second-order valence-corrected chi connectivity index (χ2v) is 10.2. The Labute approximate surface area is 194 Å². The first-order valence-corrected chi connectivity index (χ1v) is 11.7. The molecule has 0 bridgehead atoms. The van der Waals surface area contributed by atoms with Gasteiger partial charge in [-0.05, 0) is 59.7 Å². The first-order chi connectivity index (χ1) is 15.8. The van der Waals surface area contributed by atoms with E-state index in [4.69, 9.17) is 14.4 Å². The lowest BCUT2D eigenvalue weighted by Gasteiger charge is -2.19. The molecule has 3 aromatic heterocycles. The van der Waals surface area contributed by atoms with Crippen molar-refractivity contribution in [3.05, 3.63) is 82.7 Å². The zero-order valence-corrected chi connectivity index (χ0v) is 20.1. The van der Waals surface area contributed by atoms with Crippen LogP contribution in [0.2, 0.25) is 0 Å². The number of aryl methyl sites for hydroxylation is 2. The van der Waals surface area contributed by atoms with E-state index in [1.54, 1.807) is 0 Å². The van der Waals surface area contributed by atoms with Crippen molar-refractivity contribution < 1.29 is 4.42 Å². The van der Waals surface area contributed by atoms with E-state index in [-0.39, 0.29) is 5.41 Å². The minimum absolute atomic E-state index is 0.150. The van der Waals surface area contributed by atoms with Gasteiger partial charge in [-0.3, -0.25) is 4.98 Å². The molecule has 0 atom stereocenters. The van der Waals surface area contributed by atoms with Crippen molar-refractivity contribution in [1.29, 1.82) is 0 Å². The monoisotopic (exact) mass is 432 g/mol. The van der Waals surface area contributed by atoms with E-state index in [0.717, 1.165) is 38.9 Å². The van der Waals surface area contributed by atoms with Crippen molar-refractivity contribution >= 4 is 22.1 Å². The molecule has 3 nitrogen and oxygen atoms in total. The SMILES string of the molecule is Cc1cnc(-c2c(C)ccc3c2oc2nc4c(cc23)-c2ccccc2C4(C)C)cc1C(C)C. The zero-order valence-electron chi connectivity index (χ0n) is 20.1. The predicted molar refractivity (Wildman–Crippen MR) is 136 cm³/mol. The van der Waals surface area contributed by atoms with E-state index in [1.165, 1.54) is 27.8 Å². The van der Waals surface area contributed by atoms with Gasteiger partial charge >= 0.3 is 0 Å². The third-order valence-electron chi connectivity index (χ3n) is 7.35. The van der Waals surface area contributed by atoms with Crippen LogP contribution in [0.25, 0.3) is 44.5 Å². The van der Waals surface area contributed by atoms with Crippen LogP contribution in [0.3, 0.4) is 0 Å². The van der Waals surface area contributed by atoms with E-state index in [9.17, 15) is 0 Å². The Morgan fingerprint density at radius 2 is 1.67 bits per heavy atom. The molecule has 0 saturated carbocycles.